The summed E-state index contributed by atoms with van der Waals surface area (Å²) >= 11 is -3.51. The monoisotopic (exact) mass is 356 g/mol. The Kier molecular flexibility index (Phi) is 4.92. The van der Waals surface area contributed by atoms with Gasteiger partial charge in [-0.1, -0.05) is 0 Å². The van der Waals surface area contributed by atoms with Crippen LogP contribution in [0.5, 0.6) is 0 Å². The van der Waals surface area contributed by atoms with Gasteiger partial charge in [0.2, 0.25) is 0 Å². The SMILES string of the molecule is COC([O][Zr]([Cl])([C]1=CC=CC1)[C]1=CC=CC1)=C(C)C. The van der Waals surface area contributed by atoms with Crippen molar-refractivity contribution >= 4 is 8.51 Å². The second-order valence-electron chi connectivity index (χ2n) is 4.84. The zero-order valence-corrected chi connectivity index (χ0v) is 14.8. The molecule has 0 spiro atoms. The minimum atomic E-state index is -3.51. The summed E-state index contributed by atoms with van der Waals surface area (Å²) in [6.07, 6.45) is 14.4. The molecule has 0 N–H and O–H groups in total. The number of halogens is 1. The van der Waals surface area contributed by atoms with Crippen LogP contribution in [0, 0.1) is 0 Å². The van der Waals surface area contributed by atoms with Crippen molar-refractivity contribution in [3.8, 4) is 0 Å². The average Bonchev–Trinajstić information content (AvgIpc) is 3.06. The fraction of sp³-hybridized carbons (Fsp3) is 0.333. The van der Waals surface area contributed by atoms with E-state index in [-0.39, 0.29) is 0 Å². The van der Waals surface area contributed by atoms with E-state index in [0.717, 1.165) is 18.4 Å². The third kappa shape index (κ3) is 3.14. The molecule has 4 heteroatoms. The van der Waals surface area contributed by atoms with Crippen molar-refractivity contribution in [2.75, 3.05) is 7.11 Å². The molecule has 2 aliphatic rings. The van der Waals surface area contributed by atoms with Gasteiger partial charge in [0, 0.05) is 0 Å². The number of hydrogen-bond acceptors (Lipinski definition) is 2. The second-order valence-corrected chi connectivity index (χ2v) is 14.6. The average molecular weight is 358 g/mol. The maximum atomic E-state index is 7.03. The van der Waals surface area contributed by atoms with Gasteiger partial charge >= 0.3 is 124 Å². The van der Waals surface area contributed by atoms with Crippen molar-refractivity contribution in [1.29, 1.82) is 0 Å². The van der Waals surface area contributed by atoms with Crippen molar-refractivity contribution in [2.45, 2.75) is 26.7 Å². The van der Waals surface area contributed by atoms with Crippen molar-refractivity contribution in [2.24, 2.45) is 0 Å². The second kappa shape index (κ2) is 6.28. The first-order chi connectivity index (χ1) is 9.08. The predicted molar refractivity (Wildman–Crippen MR) is 76.0 cm³/mol. The third-order valence-electron chi connectivity index (χ3n) is 3.20. The molecule has 0 radical (unpaired) electrons. The van der Waals surface area contributed by atoms with Crippen molar-refractivity contribution in [3.05, 3.63) is 54.5 Å². The molecule has 0 aliphatic heterocycles. The Morgan fingerprint density at radius 2 is 1.63 bits per heavy atom. The summed E-state index contributed by atoms with van der Waals surface area (Å²) < 4.78 is 14.1. The maximum absolute atomic E-state index is 7.03. The number of allylic oxidation sites excluding steroid dienone is 9. The van der Waals surface area contributed by atoms with Crippen LogP contribution in [0.15, 0.2) is 54.5 Å². The molecule has 2 nitrogen and oxygen atoms in total. The van der Waals surface area contributed by atoms with Gasteiger partial charge in [0.05, 0.1) is 0 Å². The van der Waals surface area contributed by atoms with Crippen LogP contribution in [0.2, 0.25) is 0 Å². The summed E-state index contributed by atoms with van der Waals surface area (Å²) in [7, 11) is 8.66. The van der Waals surface area contributed by atoms with Gasteiger partial charge in [-0.2, -0.15) is 0 Å². The van der Waals surface area contributed by atoms with E-state index in [1.165, 1.54) is 6.56 Å². The molecule has 102 valence electrons. The molecule has 0 fully saturated rings. The van der Waals surface area contributed by atoms with Crippen molar-refractivity contribution in [3.63, 3.8) is 0 Å². The van der Waals surface area contributed by atoms with Gasteiger partial charge in [-0.3, -0.25) is 0 Å². The van der Waals surface area contributed by atoms with Crippen LogP contribution in [0.4, 0.5) is 0 Å². The van der Waals surface area contributed by atoms with E-state index in [4.69, 9.17) is 16.1 Å². The van der Waals surface area contributed by atoms with Gasteiger partial charge in [0.1, 0.15) is 0 Å². The number of rotatable bonds is 5. The molecular weight excluding hydrogens is 339 g/mol. The summed E-state index contributed by atoms with van der Waals surface area (Å²) in [5.41, 5.74) is 1.02. The fourth-order valence-corrected chi connectivity index (χ4v) is 10.6. The van der Waals surface area contributed by atoms with Crippen LogP contribution in [0.3, 0.4) is 0 Å². The number of methoxy groups -OCH3 is 1. The van der Waals surface area contributed by atoms with Gasteiger partial charge in [0.15, 0.2) is 0 Å². The van der Waals surface area contributed by atoms with Crippen LogP contribution in [-0.2, 0) is 27.1 Å². The summed E-state index contributed by atoms with van der Waals surface area (Å²) in [4.78, 5) is 0. The number of hydrogen-bond donors (Lipinski definition) is 0. The van der Waals surface area contributed by atoms with Crippen LogP contribution >= 0.6 is 8.51 Å². The Morgan fingerprint density at radius 1 is 1.11 bits per heavy atom. The van der Waals surface area contributed by atoms with Gasteiger partial charge in [0.25, 0.3) is 0 Å². The third-order valence-corrected chi connectivity index (χ3v) is 13.6. The Bertz CT molecular complexity index is 478. The molecule has 0 saturated heterocycles. The van der Waals surface area contributed by atoms with E-state index in [9.17, 15) is 0 Å². The Hall–Kier alpha value is -0.527. The summed E-state index contributed by atoms with van der Waals surface area (Å²) in [5.74, 6) is 0.575. The summed E-state index contributed by atoms with van der Waals surface area (Å²) in [6.45, 7) is 3.95. The quantitative estimate of drug-likeness (QED) is 0.657. The van der Waals surface area contributed by atoms with Crippen LogP contribution < -0.4 is 0 Å². The van der Waals surface area contributed by atoms with Gasteiger partial charge in [-0.05, 0) is 0 Å². The molecule has 0 aromatic heterocycles. The van der Waals surface area contributed by atoms with E-state index < -0.39 is 19.5 Å². The molecule has 0 atom stereocenters. The van der Waals surface area contributed by atoms with Crippen molar-refractivity contribution < 1.29 is 27.1 Å². The zero-order chi connectivity index (χ0) is 13.9. The Balaban J connectivity index is 2.32. The molecule has 0 amide bonds. The first kappa shape index (κ1) is 14.9. The Labute approximate surface area is 123 Å². The molecule has 19 heavy (non-hydrogen) atoms. The molecule has 0 unspecified atom stereocenters. The van der Waals surface area contributed by atoms with Gasteiger partial charge in [-0.25, -0.2) is 0 Å². The van der Waals surface area contributed by atoms with Gasteiger partial charge in [-0.15, -0.1) is 0 Å². The van der Waals surface area contributed by atoms with E-state index in [0.29, 0.717) is 5.95 Å². The molecule has 0 aromatic carbocycles. The Morgan fingerprint density at radius 3 is 1.95 bits per heavy atom. The van der Waals surface area contributed by atoms with E-state index >= 15 is 0 Å². The predicted octanol–water partition coefficient (Wildman–Crippen LogP) is 4.81. The molecule has 2 aliphatic carbocycles. The topological polar surface area (TPSA) is 18.5 Å². The van der Waals surface area contributed by atoms with Crippen LogP contribution in [-0.4, -0.2) is 7.11 Å². The molecular formula is C15H19ClO2Zr. The van der Waals surface area contributed by atoms with E-state index in [2.05, 4.69) is 36.5 Å². The first-order valence-corrected chi connectivity index (χ1v) is 13.0. The van der Waals surface area contributed by atoms with Crippen molar-refractivity contribution in [1.82, 2.24) is 0 Å². The standard InChI is InChI=1S/C5H10O2.2C5H5.ClH.Zr/c1-4(2)5(6)7-3;2*1-2-4-5-3-1;;/h6H,1-3H3;2*1-3H,4H2;1H;/q;;;;+2/p-2. The summed E-state index contributed by atoms with van der Waals surface area (Å²) in [5, 5.41) is 0. The molecule has 0 heterocycles. The number of ether oxygens (including phenoxy) is 1. The fourth-order valence-electron chi connectivity index (χ4n) is 2.18. The first-order valence-electron chi connectivity index (χ1n) is 6.39. The molecule has 2 rings (SSSR count). The van der Waals surface area contributed by atoms with Gasteiger partial charge < -0.3 is 0 Å². The normalized spacial score (nSPS) is 17.3. The molecule has 0 aromatic rings. The van der Waals surface area contributed by atoms with E-state index in [1.807, 2.05) is 13.8 Å². The van der Waals surface area contributed by atoms with Crippen LogP contribution in [0.25, 0.3) is 0 Å². The molecule has 0 saturated carbocycles. The summed E-state index contributed by atoms with van der Waals surface area (Å²) in [6, 6.07) is 0. The van der Waals surface area contributed by atoms with Crippen LogP contribution in [0.1, 0.15) is 26.7 Å². The molecule has 0 bridgehead atoms. The minimum absolute atomic E-state index is 0.575. The zero-order valence-electron chi connectivity index (χ0n) is 11.6. The van der Waals surface area contributed by atoms with E-state index in [1.54, 1.807) is 7.11 Å².